The Morgan fingerprint density at radius 2 is 1.94 bits per heavy atom. The molecule has 1 aromatic rings. The van der Waals surface area contributed by atoms with Crippen LogP contribution in [0.3, 0.4) is 0 Å². The highest BCUT2D eigenvalue weighted by Crippen LogP contribution is 2.16. The molecule has 0 aliphatic rings. The summed E-state index contributed by atoms with van der Waals surface area (Å²) < 4.78 is 5.91. The van der Waals surface area contributed by atoms with E-state index in [1.807, 2.05) is 0 Å². The van der Waals surface area contributed by atoms with E-state index < -0.39 is 0 Å². The second kappa shape index (κ2) is 6.95. The Morgan fingerprint density at radius 3 is 2.50 bits per heavy atom. The van der Waals surface area contributed by atoms with Crippen LogP contribution in [0.1, 0.15) is 44.8 Å². The maximum absolute atomic E-state index is 5.91. The molecule has 0 bridgehead atoms. The number of hydrogen-bond donors (Lipinski definition) is 1. The highest BCUT2D eigenvalue weighted by Gasteiger charge is 2.11. The van der Waals surface area contributed by atoms with Gasteiger partial charge in [0.15, 0.2) is 0 Å². The molecule has 0 aliphatic heterocycles. The Labute approximate surface area is 112 Å². The van der Waals surface area contributed by atoms with Crippen molar-refractivity contribution in [3.05, 3.63) is 23.2 Å². The van der Waals surface area contributed by atoms with Gasteiger partial charge in [-0.25, -0.2) is 0 Å². The SMILES string of the molecule is Cc1cc(CN(C)C(C)C)oc1CNCC(C)C. The van der Waals surface area contributed by atoms with E-state index in [2.05, 4.69) is 57.9 Å². The van der Waals surface area contributed by atoms with Gasteiger partial charge in [-0.05, 0) is 51.9 Å². The molecule has 0 aromatic carbocycles. The van der Waals surface area contributed by atoms with E-state index in [0.717, 1.165) is 31.2 Å². The van der Waals surface area contributed by atoms with Crippen LogP contribution in [-0.2, 0) is 13.1 Å². The van der Waals surface area contributed by atoms with Crippen molar-refractivity contribution in [1.29, 1.82) is 0 Å². The van der Waals surface area contributed by atoms with Gasteiger partial charge in [-0.1, -0.05) is 13.8 Å². The van der Waals surface area contributed by atoms with Crippen molar-refractivity contribution in [3.63, 3.8) is 0 Å². The van der Waals surface area contributed by atoms with Crippen molar-refractivity contribution < 1.29 is 4.42 Å². The Morgan fingerprint density at radius 1 is 1.28 bits per heavy atom. The predicted octanol–water partition coefficient (Wildman–Crippen LogP) is 3.17. The van der Waals surface area contributed by atoms with Crippen molar-refractivity contribution in [3.8, 4) is 0 Å². The first kappa shape index (κ1) is 15.3. The quantitative estimate of drug-likeness (QED) is 0.808. The fourth-order valence-electron chi connectivity index (χ4n) is 1.75. The maximum Gasteiger partial charge on any atom is 0.120 e. The molecule has 18 heavy (non-hydrogen) atoms. The first-order chi connectivity index (χ1) is 8.40. The third kappa shape index (κ3) is 4.83. The molecule has 0 saturated heterocycles. The topological polar surface area (TPSA) is 28.4 Å². The molecule has 0 fully saturated rings. The van der Waals surface area contributed by atoms with E-state index in [4.69, 9.17) is 4.42 Å². The van der Waals surface area contributed by atoms with Crippen LogP contribution in [0.5, 0.6) is 0 Å². The largest absolute Gasteiger partial charge is 0.463 e. The molecule has 1 aromatic heterocycles. The Hall–Kier alpha value is -0.800. The van der Waals surface area contributed by atoms with Crippen molar-refractivity contribution in [1.82, 2.24) is 10.2 Å². The molecule has 0 atom stereocenters. The molecule has 0 radical (unpaired) electrons. The average molecular weight is 252 g/mol. The number of furan rings is 1. The number of nitrogens with zero attached hydrogens (tertiary/aromatic N) is 1. The number of aryl methyl sites for hydroxylation is 1. The van der Waals surface area contributed by atoms with E-state index in [0.29, 0.717) is 12.0 Å². The minimum atomic E-state index is 0.540. The second-order valence-electron chi connectivity index (χ2n) is 5.85. The molecule has 3 heteroatoms. The number of nitrogens with one attached hydrogen (secondary N) is 1. The molecular formula is C15H28N2O. The zero-order valence-electron chi connectivity index (χ0n) is 12.7. The summed E-state index contributed by atoms with van der Waals surface area (Å²) in [5.41, 5.74) is 1.25. The molecule has 1 rings (SSSR count). The van der Waals surface area contributed by atoms with E-state index >= 15 is 0 Å². The minimum Gasteiger partial charge on any atom is -0.463 e. The summed E-state index contributed by atoms with van der Waals surface area (Å²) in [4.78, 5) is 2.28. The zero-order chi connectivity index (χ0) is 13.7. The molecule has 3 nitrogen and oxygen atoms in total. The maximum atomic E-state index is 5.91. The summed E-state index contributed by atoms with van der Waals surface area (Å²) in [6.07, 6.45) is 0. The molecule has 0 unspecified atom stereocenters. The standard InChI is InChI=1S/C15H28N2O/c1-11(2)8-16-9-15-13(5)7-14(18-15)10-17(6)12(3)4/h7,11-12,16H,8-10H2,1-6H3. The van der Waals surface area contributed by atoms with Crippen molar-refractivity contribution in [2.75, 3.05) is 13.6 Å². The molecule has 0 amide bonds. The first-order valence-electron chi connectivity index (χ1n) is 6.89. The van der Waals surface area contributed by atoms with Crippen LogP contribution in [0, 0.1) is 12.8 Å². The summed E-state index contributed by atoms with van der Waals surface area (Å²) >= 11 is 0. The van der Waals surface area contributed by atoms with Gasteiger partial charge in [-0.2, -0.15) is 0 Å². The van der Waals surface area contributed by atoms with E-state index in [1.165, 1.54) is 5.56 Å². The molecule has 0 aliphatic carbocycles. The Balaban J connectivity index is 2.53. The predicted molar refractivity (Wildman–Crippen MR) is 76.6 cm³/mol. The summed E-state index contributed by atoms with van der Waals surface area (Å²) in [6.45, 7) is 13.7. The van der Waals surface area contributed by atoms with Gasteiger partial charge in [0, 0.05) is 6.04 Å². The van der Waals surface area contributed by atoms with Gasteiger partial charge >= 0.3 is 0 Å². The van der Waals surface area contributed by atoms with Crippen LogP contribution in [0.15, 0.2) is 10.5 Å². The highest BCUT2D eigenvalue weighted by atomic mass is 16.3. The lowest BCUT2D eigenvalue weighted by Crippen LogP contribution is -2.25. The van der Waals surface area contributed by atoms with Gasteiger partial charge < -0.3 is 9.73 Å². The van der Waals surface area contributed by atoms with Crippen molar-refractivity contribution >= 4 is 0 Å². The van der Waals surface area contributed by atoms with Gasteiger partial charge in [0.05, 0.1) is 13.1 Å². The zero-order valence-corrected chi connectivity index (χ0v) is 12.7. The summed E-state index contributed by atoms with van der Waals surface area (Å²) in [5, 5.41) is 3.42. The summed E-state index contributed by atoms with van der Waals surface area (Å²) in [7, 11) is 2.12. The second-order valence-corrected chi connectivity index (χ2v) is 5.85. The van der Waals surface area contributed by atoms with Crippen LogP contribution in [0.4, 0.5) is 0 Å². The number of rotatable bonds is 7. The number of hydrogen-bond acceptors (Lipinski definition) is 3. The summed E-state index contributed by atoms with van der Waals surface area (Å²) in [6, 6.07) is 2.70. The van der Waals surface area contributed by atoms with Crippen LogP contribution in [0.25, 0.3) is 0 Å². The van der Waals surface area contributed by atoms with Gasteiger partial charge in [0.25, 0.3) is 0 Å². The van der Waals surface area contributed by atoms with E-state index in [-0.39, 0.29) is 0 Å². The van der Waals surface area contributed by atoms with Crippen molar-refractivity contribution in [2.45, 2.75) is 53.8 Å². The third-order valence-corrected chi connectivity index (χ3v) is 3.20. The van der Waals surface area contributed by atoms with E-state index in [1.54, 1.807) is 0 Å². The van der Waals surface area contributed by atoms with Gasteiger partial charge in [-0.15, -0.1) is 0 Å². The molecule has 0 spiro atoms. The summed E-state index contributed by atoms with van der Waals surface area (Å²) in [5.74, 6) is 2.81. The molecule has 1 heterocycles. The van der Waals surface area contributed by atoms with Crippen LogP contribution >= 0.6 is 0 Å². The average Bonchev–Trinajstić information content (AvgIpc) is 2.58. The Bertz CT molecular complexity index is 355. The first-order valence-corrected chi connectivity index (χ1v) is 6.89. The highest BCUT2D eigenvalue weighted by molar-refractivity contribution is 5.20. The normalized spacial score (nSPS) is 12.1. The minimum absolute atomic E-state index is 0.540. The molecule has 104 valence electrons. The smallest absolute Gasteiger partial charge is 0.120 e. The lowest BCUT2D eigenvalue weighted by Gasteiger charge is -2.19. The van der Waals surface area contributed by atoms with Gasteiger partial charge in [0.2, 0.25) is 0 Å². The van der Waals surface area contributed by atoms with Crippen molar-refractivity contribution in [2.24, 2.45) is 5.92 Å². The van der Waals surface area contributed by atoms with Gasteiger partial charge in [0.1, 0.15) is 11.5 Å². The van der Waals surface area contributed by atoms with Crippen LogP contribution < -0.4 is 5.32 Å². The molecule has 0 saturated carbocycles. The van der Waals surface area contributed by atoms with E-state index in [9.17, 15) is 0 Å². The Kier molecular flexibility index (Phi) is 5.89. The molecular weight excluding hydrogens is 224 g/mol. The van der Waals surface area contributed by atoms with Gasteiger partial charge in [-0.3, -0.25) is 4.90 Å². The molecule has 1 N–H and O–H groups in total. The lowest BCUT2D eigenvalue weighted by molar-refractivity contribution is 0.240. The van der Waals surface area contributed by atoms with Crippen LogP contribution in [0.2, 0.25) is 0 Å². The fraction of sp³-hybridized carbons (Fsp3) is 0.733. The lowest BCUT2D eigenvalue weighted by atomic mass is 10.2. The fourth-order valence-corrected chi connectivity index (χ4v) is 1.75. The monoisotopic (exact) mass is 252 g/mol. The van der Waals surface area contributed by atoms with Crippen LogP contribution in [-0.4, -0.2) is 24.5 Å². The third-order valence-electron chi connectivity index (χ3n) is 3.20.